The number of H-pyrrole nitrogens is 1. The zero-order valence-electron chi connectivity index (χ0n) is 11.3. The molecule has 2 aromatic heterocycles. The van der Waals surface area contributed by atoms with Crippen LogP contribution in [0.15, 0.2) is 35.7 Å². The van der Waals surface area contributed by atoms with E-state index in [0.717, 1.165) is 6.07 Å². The maximum Gasteiger partial charge on any atom is 0.240 e. The molecule has 0 radical (unpaired) electrons. The third kappa shape index (κ3) is 2.49. The Balaban J connectivity index is 2.05. The second-order valence-electron chi connectivity index (χ2n) is 4.30. The van der Waals surface area contributed by atoms with E-state index in [0.29, 0.717) is 17.0 Å². The van der Waals surface area contributed by atoms with Gasteiger partial charge in [0, 0.05) is 0 Å². The molecule has 0 aliphatic heterocycles. The van der Waals surface area contributed by atoms with Gasteiger partial charge in [0.25, 0.3) is 0 Å². The minimum absolute atomic E-state index is 0.0223. The lowest BCUT2D eigenvalue weighted by atomic mass is 10.3. The van der Waals surface area contributed by atoms with Crippen molar-refractivity contribution in [2.45, 2.75) is 4.90 Å². The zero-order chi connectivity index (χ0) is 15.7. The van der Waals surface area contributed by atoms with Gasteiger partial charge in [-0.25, -0.2) is 32.5 Å². The summed E-state index contributed by atoms with van der Waals surface area (Å²) in [6.07, 6.45) is 2.71. The third-order valence-corrected chi connectivity index (χ3v) is 4.40. The van der Waals surface area contributed by atoms with Gasteiger partial charge in [-0.3, -0.25) is 0 Å². The minimum atomic E-state index is -3.67. The molecular weight excluding hydrogens is 311 g/mol. The van der Waals surface area contributed by atoms with Crippen molar-refractivity contribution in [3.8, 4) is 0 Å². The molecule has 0 saturated carbocycles. The number of halogens is 1. The van der Waals surface area contributed by atoms with Gasteiger partial charge in [0.05, 0.1) is 16.9 Å². The molecule has 114 valence electrons. The first-order chi connectivity index (χ1) is 10.5. The summed E-state index contributed by atoms with van der Waals surface area (Å²) in [7, 11) is -2.39. The van der Waals surface area contributed by atoms with E-state index in [1.54, 1.807) is 0 Å². The van der Waals surface area contributed by atoms with Gasteiger partial charge in [-0.05, 0) is 25.2 Å². The number of benzene rings is 1. The summed E-state index contributed by atoms with van der Waals surface area (Å²) in [4.78, 5) is 14.7. The van der Waals surface area contributed by atoms with E-state index in [2.05, 4.69) is 30.0 Å². The van der Waals surface area contributed by atoms with Gasteiger partial charge in [-0.1, -0.05) is 0 Å². The Morgan fingerprint density at radius 1 is 1.23 bits per heavy atom. The average Bonchev–Trinajstić information content (AvgIpc) is 2.99. The number of nitrogens with zero attached hydrogens (tertiary/aromatic N) is 3. The van der Waals surface area contributed by atoms with Crippen LogP contribution in [0.5, 0.6) is 0 Å². The lowest BCUT2D eigenvalue weighted by Crippen LogP contribution is -2.18. The summed E-state index contributed by atoms with van der Waals surface area (Å²) >= 11 is 0. The van der Waals surface area contributed by atoms with E-state index >= 15 is 0 Å². The van der Waals surface area contributed by atoms with Crippen molar-refractivity contribution in [3.63, 3.8) is 0 Å². The van der Waals surface area contributed by atoms with Crippen molar-refractivity contribution in [1.29, 1.82) is 0 Å². The highest BCUT2D eigenvalue weighted by Gasteiger charge is 2.15. The zero-order valence-corrected chi connectivity index (χ0v) is 12.1. The van der Waals surface area contributed by atoms with Gasteiger partial charge in [0.1, 0.15) is 17.7 Å². The van der Waals surface area contributed by atoms with E-state index < -0.39 is 15.8 Å². The molecule has 0 aliphatic rings. The Hall–Kier alpha value is -2.59. The Kier molecular flexibility index (Phi) is 3.47. The molecule has 2 heterocycles. The van der Waals surface area contributed by atoms with Crippen LogP contribution < -0.4 is 10.0 Å². The van der Waals surface area contributed by atoms with E-state index in [-0.39, 0.29) is 10.6 Å². The first kappa shape index (κ1) is 14.4. The largest absolute Gasteiger partial charge is 0.340 e. The monoisotopic (exact) mass is 322 g/mol. The molecule has 0 aliphatic carbocycles. The highest BCUT2D eigenvalue weighted by molar-refractivity contribution is 7.89. The molecule has 0 atom stereocenters. The normalized spacial score (nSPS) is 11.7. The van der Waals surface area contributed by atoms with Crippen LogP contribution in [0.4, 0.5) is 15.9 Å². The molecule has 3 rings (SSSR count). The van der Waals surface area contributed by atoms with Crippen molar-refractivity contribution in [2.24, 2.45) is 0 Å². The molecule has 0 amide bonds. The average molecular weight is 322 g/mol. The van der Waals surface area contributed by atoms with Crippen LogP contribution >= 0.6 is 0 Å². The highest BCUT2D eigenvalue weighted by atomic mass is 32.2. The molecule has 3 N–H and O–H groups in total. The van der Waals surface area contributed by atoms with Gasteiger partial charge in [0.2, 0.25) is 10.0 Å². The Bertz CT molecular complexity index is 940. The predicted octanol–water partition coefficient (Wildman–Crippen LogP) is 1.14. The maximum absolute atomic E-state index is 13.9. The maximum atomic E-state index is 13.9. The molecule has 0 fully saturated rings. The molecule has 0 unspecified atom stereocenters. The summed E-state index contributed by atoms with van der Waals surface area (Å²) < 4.78 is 39.7. The van der Waals surface area contributed by atoms with Crippen LogP contribution in [0, 0.1) is 5.82 Å². The van der Waals surface area contributed by atoms with Crippen LogP contribution in [0.2, 0.25) is 0 Å². The van der Waals surface area contributed by atoms with Gasteiger partial charge < -0.3 is 10.3 Å². The smallest absolute Gasteiger partial charge is 0.240 e. The summed E-state index contributed by atoms with van der Waals surface area (Å²) in [6, 6.07) is 3.43. The first-order valence-corrected chi connectivity index (χ1v) is 7.64. The van der Waals surface area contributed by atoms with Crippen molar-refractivity contribution >= 4 is 32.7 Å². The van der Waals surface area contributed by atoms with Gasteiger partial charge >= 0.3 is 0 Å². The molecule has 0 saturated heterocycles. The van der Waals surface area contributed by atoms with Crippen LogP contribution in [-0.4, -0.2) is 35.4 Å². The Labute approximate surface area is 124 Å². The minimum Gasteiger partial charge on any atom is -0.340 e. The molecular formula is C12H11FN6O2S. The predicted molar refractivity (Wildman–Crippen MR) is 77.6 cm³/mol. The standard InChI is InChI=1S/C12H11FN6O2S/c1-14-22(20,21)7-2-3-8(13)9(4-7)19-12-10-11(16-5-15-10)17-6-18-12/h2-6,14H,1H3,(H2,15,16,17,18,19). The molecule has 22 heavy (non-hydrogen) atoms. The van der Waals surface area contributed by atoms with Gasteiger partial charge in [-0.2, -0.15) is 0 Å². The van der Waals surface area contributed by atoms with Crippen molar-refractivity contribution < 1.29 is 12.8 Å². The number of aromatic nitrogens is 4. The number of hydrogen-bond acceptors (Lipinski definition) is 6. The fraction of sp³-hybridized carbons (Fsp3) is 0.0833. The second-order valence-corrected chi connectivity index (χ2v) is 6.18. The highest BCUT2D eigenvalue weighted by Crippen LogP contribution is 2.25. The van der Waals surface area contributed by atoms with Crippen LogP contribution in [-0.2, 0) is 10.0 Å². The SMILES string of the molecule is CNS(=O)(=O)c1ccc(F)c(Nc2ncnc3nc[nH]c23)c1. The van der Waals surface area contributed by atoms with Crippen molar-refractivity contribution in [2.75, 3.05) is 12.4 Å². The third-order valence-electron chi connectivity index (χ3n) is 2.99. The Morgan fingerprint density at radius 3 is 2.82 bits per heavy atom. The molecule has 8 nitrogen and oxygen atoms in total. The van der Waals surface area contributed by atoms with Crippen LogP contribution in [0.1, 0.15) is 0 Å². The van der Waals surface area contributed by atoms with E-state index in [1.165, 1.54) is 31.8 Å². The number of imidazole rings is 1. The number of anilines is 2. The molecule has 10 heteroatoms. The topological polar surface area (TPSA) is 113 Å². The van der Waals surface area contributed by atoms with E-state index in [4.69, 9.17) is 0 Å². The van der Waals surface area contributed by atoms with E-state index in [9.17, 15) is 12.8 Å². The Morgan fingerprint density at radius 2 is 2.05 bits per heavy atom. The van der Waals surface area contributed by atoms with Crippen LogP contribution in [0.25, 0.3) is 11.2 Å². The molecule has 0 spiro atoms. The summed E-state index contributed by atoms with van der Waals surface area (Å²) in [6.45, 7) is 0. The number of fused-ring (bicyclic) bond motifs is 1. The molecule has 0 bridgehead atoms. The van der Waals surface area contributed by atoms with Crippen molar-refractivity contribution in [3.05, 3.63) is 36.7 Å². The van der Waals surface area contributed by atoms with Gasteiger partial charge in [-0.15, -0.1) is 0 Å². The second kappa shape index (κ2) is 5.31. The molecule has 3 aromatic rings. The molecule has 1 aromatic carbocycles. The van der Waals surface area contributed by atoms with Crippen LogP contribution in [0.3, 0.4) is 0 Å². The summed E-state index contributed by atoms with van der Waals surface area (Å²) in [5.74, 6) is -0.318. The lowest BCUT2D eigenvalue weighted by Gasteiger charge is -2.09. The first-order valence-electron chi connectivity index (χ1n) is 6.15. The number of nitrogens with one attached hydrogen (secondary N) is 3. The summed E-state index contributed by atoms with van der Waals surface area (Å²) in [5, 5.41) is 2.75. The number of aromatic amines is 1. The van der Waals surface area contributed by atoms with E-state index in [1.807, 2.05) is 0 Å². The fourth-order valence-electron chi connectivity index (χ4n) is 1.87. The van der Waals surface area contributed by atoms with Gasteiger partial charge in [0.15, 0.2) is 11.5 Å². The number of sulfonamides is 1. The fourth-order valence-corrected chi connectivity index (χ4v) is 2.63. The number of rotatable bonds is 4. The lowest BCUT2D eigenvalue weighted by molar-refractivity contribution is 0.587. The quantitative estimate of drug-likeness (QED) is 0.664. The number of hydrogen-bond donors (Lipinski definition) is 3. The summed E-state index contributed by atoms with van der Waals surface area (Å²) in [5.41, 5.74) is 0.881. The van der Waals surface area contributed by atoms with Crippen molar-refractivity contribution in [1.82, 2.24) is 24.7 Å².